The molecule has 1 heterocycles. The van der Waals surface area contributed by atoms with Gasteiger partial charge in [-0.05, 0) is 62.4 Å². The number of nitrogens with zero attached hydrogens (tertiary/aromatic N) is 2. The molecule has 0 bridgehead atoms. The molecule has 0 spiro atoms. The van der Waals surface area contributed by atoms with E-state index in [-0.39, 0.29) is 11.7 Å². The molecular formula is C25H31BrF3N5O. The Bertz CT molecular complexity index is 1070. The van der Waals surface area contributed by atoms with E-state index in [1.807, 2.05) is 43.3 Å². The Morgan fingerprint density at radius 3 is 2.57 bits per heavy atom. The third kappa shape index (κ3) is 6.29. The van der Waals surface area contributed by atoms with Crippen molar-refractivity contribution in [3.05, 3.63) is 58.1 Å². The number of nitrogens with one attached hydrogen (secondary N) is 2. The van der Waals surface area contributed by atoms with Crippen molar-refractivity contribution in [3.8, 4) is 5.75 Å². The lowest BCUT2D eigenvalue weighted by molar-refractivity contribution is -0.274. The van der Waals surface area contributed by atoms with Crippen LogP contribution in [-0.4, -0.2) is 43.5 Å². The minimum Gasteiger partial charge on any atom is -0.405 e. The fraction of sp³-hybridized carbons (Fsp3) is 0.480. The first-order chi connectivity index (χ1) is 16.5. The minimum atomic E-state index is -4.73. The van der Waals surface area contributed by atoms with E-state index in [2.05, 4.69) is 31.3 Å². The van der Waals surface area contributed by atoms with Gasteiger partial charge in [0.05, 0.1) is 0 Å². The van der Waals surface area contributed by atoms with Gasteiger partial charge in [0, 0.05) is 47.8 Å². The van der Waals surface area contributed by atoms with E-state index in [1.165, 1.54) is 6.07 Å². The van der Waals surface area contributed by atoms with E-state index in [1.54, 1.807) is 12.1 Å². The Balaban J connectivity index is 1.34. The Morgan fingerprint density at radius 2 is 1.89 bits per heavy atom. The normalized spacial score (nSPS) is 24.3. The number of amidine groups is 1. The summed E-state index contributed by atoms with van der Waals surface area (Å²) in [4.78, 5) is 6.93. The molecule has 1 atom stereocenters. The first-order valence-corrected chi connectivity index (χ1v) is 12.5. The number of aliphatic imine (C=N–C) groups is 1. The number of halogens is 4. The third-order valence-electron chi connectivity index (χ3n) is 6.69. The van der Waals surface area contributed by atoms with Crippen molar-refractivity contribution in [1.29, 1.82) is 0 Å². The molecule has 4 rings (SSSR count). The number of hydrogen-bond donors (Lipinski definition) is 3. The largest absolute Gasteiger partial charge is 0.573 e. The fourth-order valence-corrected chi connectivity index (χ4v) is 5.25. The van der Waals surface area contributed by atoms with Gasteiger partial charge in [-0.3, -0.25) is 5.73 Å². The SMILES string of the molecule is CN(C)C1=NC(N)(C2CCC(CNCc3ccc(Br)cc3OC(F)(F)F)CC2)Nc2ccccc21. The highest BCUT2D eigenvalue weighted by Crippen LogP contribution is 2.39. The highest BCUT2D eigenvalue weighted by molar-refractivity contribution is 9.10. The molecule has 6 nitrogen and oxygen atoms in total. The summed E-state index contributed by atoms with van der Waals surface area (Å²) in [6, 6.07) is 12.7. The molecule has 1 saturated carbocycles. The second-order valence-electron chi connectivity index (χ2n) is 9.47. The maximum absolute atomic E-state index is 12.8. The van der Waals surface area contributed by atoms with Crippen LogP contribution >= 0.6 is 15.9 Å². The predicted molar refractivity (Wildman–Crippen MR) is 135 cm³/mol. The number of rotatable bonds is 6. The second kappa shape index (κ2) is 10.4. The number of nitrogens with two attached hydrogens (primary N) is 1. The van der Waals surface area contributed by atoms with Gasteiger partial charge in [-0.25, -0.2) is 4.99 Å². The van der Waals surface area contributed by atoms with Crippen molar-refractivity contribution in [3.63, 3.8) is 0 Å². The number of alkyl halides is 3. The van der Waals surface area contributed by atoms with Gasteiger partial charge >= 0.3 is 6.36 Å². The molecule has 4 N–H and O–H groups in total. The molecule has 10 heteroatoms. The standard InChI is InChI=1S/C25H31BrF3N5O/c1-34(2)23-20-5-3-4-6-21(20)32-24(30,33-23)18-10-7-16(8-11-18)14-31-15-17-9-12-19(26)13-22(17)35-25(27,28)29/h3-6,9,12-13,16,18,31-32H,7-8,10-11,14-15,30H2,1-2H3. The molecule has 1 fully saturated rings. The van der Waals surface area contributed by atoms with Gasteiger partial charge in [-0.1, -0.05) is 34.1 Å². The van der Waals surface area contributed by atoms with Crippen LogP contribution in [0.25, 0.3) is 0 Å². The van der Waals surface area contributed by atoms with Gasteiger partial charge in [0.1, 0.15) is 11.6 Å². The number of fused-ring (bicyclic) bond motifs is 1. The van der Waals surface area contributed by atoms with E-state index in [9.17, 15) is 13.2 Å². The van der Waals surface area contributed by atoms with E-state index >= 15 is 0 Å². The van der Waals surface area contributed by atoms with Gasteiger partial charge in [0.2, 0.25) is 0 Å². The predicted octanol–water partition coefficient (Wildman–Crippen LogP) is 5.29. The van der Waals surface area contributed by atoms with Crippen LogP contribution in [0.3, 0.4) is 0 Å². The van der Waals surface area contributed by atoms with E-state index in [0.717, 1.165) is 42.8 Å². The monoisotopic (exact) mass is 553 g/mol. The summed E-state index contributed by atoms with van der Waals surface area (Å²) in [6.07, 6.45) is -0.946. The number of hydrogen-bond acceptors (Lipinski definition) is 6. The number of ether oxygens (including phenoxy) is 1. The molecule has 0 saturated heterocycles. The molecule has 0 amide bonds. The lowest BCUT2D eigenvalue weighted by Crippen LogP contribution is -2.56. The highest BCUT2D eigenvalue weighted by atomic mass is 79.9. The molecule has 35 heavy (non-hydrogen) atoms. The van der Waals surface area contributed by atoms with Crippen molar-refractivity contribution in [1.82, 2.24) is 10.2 Å². The average Bonchev–Trinajstić information content (AvgIpc) is 2.79. The smallest absolute Gasteiger partial charge is 0.405 e. The summed E-state index contributed by atoms with van der Waals surface area (Å²) < 4.78 is 43.0. The molecule has 1 unspecified atom stereocenters. The van der Waals surface area contributed by atoms with Gasteiger partial charge < -0.3 is 20.3 Å². The molecule has 2 aromatic rings. The maximum atomic E-state index is 12.8. The van der Waals surface area contributed by atoms with Crippen LogP contribution in [0.15, 0.2) is 51.9 Å². The Labute approximate surface area is 212 Å². The molecule has 2 aromatic carbocycles. The first-order valence-electron chi connectivity index (χ1n) is 11.7. The van der Waals surface area contributed by atoms with Gasteiger partial charge in [0.15, 0.2) is 5.79 Å². The molecule has 1 aliphatic carbocycles. The topological polar surface area (TPSA) is 74.9 Å². The number of anilines is 1. The zero-order valence-corrected chi connectivity index (χ0v) is 21.4. The summed E-state index contributed by atoms with van der Waals surface area (Å²) in [5.41, 5.74) is 9.33. The fourth-order valence-electron chi connectivity index (χ4n) is 4.91. The molecule has 2 aliphatic rings. The van der Waals surface area contributed by atoms with Crippen LogP contribution in [0.4, 0.5) is 18.9 Å². The van der Waals surface area contributed by atoms with Crippen LogP contribution < -0.4 is 21.1 Å². The molecule has 190 valence electrons. The van der Waals surface area contributed by atoms with Gasteiger partial charge in [-0.2, -0.15) is 0 Å². The first kappa shape index (κ1) is 25.8. The minimum absolute atomic E-state index is 0.181. The van der Waals surface area contributed by atoms with Crippen molar-refractivity contribution in [2.24, 2.45) is 22.6 Å². The van der Waals surface area contributed by atoms with Crippen molar-refractivity contribution >= 4 is 27.5 Å². The number of para-hydroxylation sites is 1. The summed E-state index contributed by atoms with van der Waals surface area (Å²) in [6.45, 7) is 1.02. The lowest BCUT2D eigenvalue weighted by atomic mass is 9.78. The van der Waals surface area contributed by atoms with Gasteiger partial charge in [-0.15, -0.1) is 13.2 Å². The third-order valence-corrected chi connectivity index (χ3v) is 7.18. The van der Waals surface area contributed by atoms with Crippen molar-refractivity contribution in [2.75, 3.05) is 26.0 Å². The van der Waals surface area contributed by atoms with Gasteiger partial charge in [0.25, 0.3) is 0 Å². The molecular weight excluding hydrogens is 523 g/mol. The molecule has 0 radical (unpaired) electrons. The quantitative estimate of drug-likeness (QED) is 0.453. The Kier molecular flexibility index (Phi) is 7.63. The average molecular weight is 554 g/mol. The summed E-state index contributed by atoms with van der Waals surface area (Å²) >= 11 is 3.20. The highest BCUT2D eigenvalue weighted by Gasteiger charge is 2.41. The van der Waals surface area contributed by atoms with Crippen molar-refractivity contribution < 1.29 is 17.9 Å². The second-order valence-corrected chi connectivity index (χ2v) is 10.4. The Morgan fingerprint density at radius 1 is 1.17 bits per heavy atom. The van der Waals surface area contributed by atoms with E-state index < -0.39 is 12.1 Å². The van der Waals surface area contributed by atoms with Crippen molar-refractivity contribution in [2.45, 2.75) is 44.4 Å². The maximum Gasteiger partial charge on any atom is 0.573 e. The van der Waals surface area contributed by atoms with Crippen LogP contribution in [0.2, 0.25) is 0 Å². The Hall–Kier alpha value is -2.30. The summed E-state index contributed by atoms with van der Waals surface area (Å²) in [7, 11) is 3.95. The van der Waals surface area contributed by atoms with E-state index in [4.69, 9.17) is 10.7 Å². The van der Waals surface area contributed by atoms with Crippen LogP contribution in [0.1, 0.15) is 36.8 Å². The number of benzene rings is 2. The van der Waals surface area contributed by atoms with Crippen LogP contribution in [0.5, 0.6) is 5.75 Å². The molecule has 0 aromatic heterocycles. The zero-order chi connectivity index (χ0) is 25.2. The summed E-state index contributed by atoms with van der Waals surface area (Å²) in [5, 5.41) is 6.79. The van der Waals surface area contributed by atoms with Crippen LogP contribution in [0, 0.1) is 11.8 Å². The zero-order valence-electron chi connectivity index (χ0n) is 19.8. The summed E-state index contributed by atoms with van der Waals surface area (Å²) in [5.74, 6) is 0.419. The molecule has 1 aliphatic heterocycles. The lowest BCUT2D eigenvalue weighted by Gasteiger charge is -2.43. The van der Waals surface area contributed by atoms with Crippen LogP contribution in [-0.2, 0) is 6.54 Å². The van der Waals surface area contributed by atoms with E-state index in [0.29, 0.717) is 29.0 Å².